The average Bonchev–Trinajstić information content (AvgIpc) is 3.12. The van der Waals surface area contributed by atoms with Crippen molar-refractivity contribution in [1.82, 2.24) is 10.9 Å². The molecule has 0 radical (unpaired) electrons. The van der Waals surface area contributed by atoms with Gasteiger partial charge in [-0.25, -0.2) is 0 Å². The number of halogens is 1. The Labute approximate surface area is 181 Å². The first-order valence-corrected chi connectivity index (χ1v) is 10.0. The van der Waals surface area contributed by atoms with Gasteiger partial charge in [-0.3, -0.25) is 30.0 Å². The highest BCUT2D eigenvalue weighted by Gasteiger charge is 2.36. The Morgan fingerprint density at radius 1 is 1.10 bits per heavy atom. The van der Waals surface area contributed by atoms with Crippen LogP contribution in [0, 0.1) is 12.8 Å². The molecule has 0 unspecified atom stereocenters. The number of para-hydroxylation sites is 1. The van der Waals surface area contributed by atoms with Crippen molar-refractivity contribution >= 4 is 45.3 Å². The number of aryl methyl sites for hydroxylation is 1. The van der Waals surface area contributed by atoms with Crippen molar-refractivity contribution < 1.29 is 23.9 Å². The van der Waals surface area contributed by atoms with Gasteiger partial charge in [0.15, 0.2) is 6.61 Å². The monoisotopic (exact) mass is 473 g/mol. The maximum Gasteiger partial charge on any atom is 0.311 e. The zero-order valence-corrected chi connectivity index (χ0v) is 17.8. The largest absolute Gasteiger partial charge is 0.455 e. The summed E-state index contributed by atoms with van der Waals surface area (Å²) in [7, 11) is 0. The van der Waals surface area contributed by atoms with E-state index < -0.39 is 30.3 Å². The van der Waals surface area contributed by atoms with Crippen LogP contribution >= 0.6 is 15.9 Å². The second-order valence-corrected chi connectivity index (χ2v) is 7.72. The van der Waals surface area contributed by atoms with Crippen LogP contribution in [-0.2, 0) is 19.1 Å². The van der Waals surface area contributed by atoms with Crippen molar-refractivity contribution in [2.24, 2.45) is 5.92 Å². The fourth-order valence-electron chi connectivity index (χ4n) is 3.06. The number of carbonyl (C=O) groups excluding carboxylic acids is 4. The lowest BCUT2D eigenvalue weighted by Crippen LogP contribution is -2.43. The fourth-order valence-corrected chi connectivity index (χ4v) is 3.32. The minimum absolute atomic E-state index is 0.0229. The maximum atomic E-state index is 12.3. The van der Waals surface area contributed by atoms with Crippen molar-refractivity contribution in [2.45, 2.75) is 13.3 Å². The lowest BCUT2D eigenvalue weighted by Gasteiger charge is -2.18. The van der Waals surface area contributed by atoms with Gasteiger partial charge in [-0.1, -0.05) is 34.1 Å². The molecule has 0 spiro atoms. The molecule has 1 aliphatic heterocycles. The van der Waals surface area contributed by atoms with Gasteiger partial charge >= 0.3 is 5.97 Å². The summed E-state index contributed by atoms with van der Waals surface area (Å²) >= 11 is 3.27. The highest BCUT2D eigenvalue weighted by molar-refractivity contribution is 9.10. The van der Waals surface area contributed by atoms with Gasteiger partial charge in [0.25, 0.3) is 11.8 Å². The Morgan fingerprint density at radius 3 is 2.50 bits per heavy atom. The van der Waals surface area contributed by atoms with Gasteiger partial charge in [0.05, 0.1) is 5.92 Å². The quantitative estimate of drug-likeness (QED) is 0.511. The van der Waals surface area contributed by atoms with Crippen LogP contribution in [0.2, 0.25) is 0 Å². The van der Waals surface area contributed by atoms with Gasteiger partial charge in [-0.05, 0) is 42.8 Å². The molecular weight excluding hydrogens is 454 g/mol. The van der Waals surface area contributed by atoms with E-state index in [0.717, 1.165) is 15.7 Å². The molecule has 0 saturated carbocycles. The maximum absolute atomic E-state index is 12.3. The molecule has 2 N–H and O–H groups in total. The smallest absolute Gasteiger partial charge is 0.311 e. The summed E-state index contributed by atoms with van der Waals surface area (Å²) in [5.74, 6) is -2.64. The van der Waals surface area contributed by atoms with Crippen molar-refractivity contribution in [3.8, 4) is 0 Å². The summed E-state index contributed by atoms with van der Waals surface area (Å²) in [6.45, 7) is 1.53. The predicted molar refractivity (Wildman–Crippen MR) is 112 cm³/mol. The molecule has 1 fully saturated rings. The molecule has 1 saturated heterocycles. The van der Waals surface area contributed by atoms with E-state index >= 15 is 0 Å². The molecule has 8 nitrogen and oxygen atoms in total. The van der Waals surface area contributed by atoms with Crippen LogP contribution in [-0.4, -0.2) is 36.8 Å². The molecule has 2 aromatic rings. The van der Waals surface area contributed by atoms with E-state index in [1.54, 1.807) is 29.2 Å². The van der Waals surface area contributed by atoms with Crippen LogP contribution in [0.4, 0.5) is 5.69 Å². The first-order chi connectivity index (χ1) is 14.3. The average molecular weight is 474 g/mol. The molecule has 3 amide bonds. The molecule has 1 atom stereocenters. The Morgan fingerprint density at radius 2 is 1.80 bits per heavy atom. The fraction of sp³-hybridized carbons (Fsp3) is 0.238. The van der Waals surface area contributed by atoms with Gasteiger partial charge < -0.3 is 9.64 Å². The topological polar surface area (TPSA) is 105 Å². The normalized spacial score (nSPS) is 15.6. The number of nitrogens with one attached hydrogen (secondary N) is 2. The van der Waals surface area contributed by atoms with E-state index in [9.17, 15) is 19.2 Å². The number of benzene rings is 2. The van der Waals surface area contributed by atoms with Crippen molar-refractivity contribution in [3.05, 3.63) is 64.1 Å². The molecule has 2 aromatic carbocycles. The third-order valence-corrected chi connectivity index (χ3v) is 5.16. The van der Waals surface area contributed by atoms with Crippen LogP contribution < -0.4 is 15.8 Å². The van der Waals surface area contributed by atoms with Crippen molar-refractivity contribution in [3.63, 3.8) is 0 Å². The number of nitrogens with zero attached hydrogens (tertiary/aromatic N) is 1. The van der Waals surface area contributed by atoms with E-state index in [2.05, 4.69) is 26.8 Å². The van der Waals surface area contributed by atoms with E-state index in [-0.39, 0.29) is 18.9 Å². The van der Waals surface area contributed by atoms with Crippen molar-refractivity contribution in [1.29, 1.82) is 0 Å². The van der Waals surface area contributed by atoms with Gasteiger partial charge in [-0.15, -0.1) is 0 Å². The SMILES string of the molecule is Cc1ccccc1N1C[C@@H](C(=O)OCC(=O)NNC(=O)c2ccc(Br)cc2)CC1=O. The van der Waals surface area contributed by atoms with E-state index in [1.165, 1.54) is 0 Å². The molecule has 0 aliphatic carbocycles. The van der Waals surface area contributed by atoms with Gasteiger partial charge in [-0.2, -0.15) is 0 Å². The minimum Gasteiger partial charge on any atom is -0.455 e. The number of hydrogen-bond acceptors (Lipinski definition) is 5. The second-order valence-electron chi connectivity index (χ2n) is 6.81. The van der Waals surface area contributed by atoms with E-state index in [4.69, 9.17) is 4.74 Å². The number of rotatable bonds is 5. The summed E-state index contributed by atoms with van der Waals surface area (Å²) in [5, 5.41) is 0. The Kier molecular flexibility index (Phi) is 6.83. The number of ether oxygens (including phenoxy) is 1. The molecule has 0 bridgehead atoms. The molecule has 0 aromatic heterocycles. The van der Waals surface area contributed by atoms with E-state index in [0.29, 0.717) is 5.56 Å². The zero-order valence-electron chi connectivity index (χ0n) is 16.2. The number of hydrazine groups is 1. The van der Waals surface area contributed by atoms with E-state index in [1.807, 2.05) is 31.2 Å². The van der Waals surface area contributed by atoms with Crippen LogP contribution in [0.5, 0.6) is 0 Å². The summed E-state index contributed by atoms with van der Waals surface area (Å²) < 4.78 is 5.84. The zero-order chi connectivity index (χ0) is 21.7. The Hall–Kier alpha value is -3.20. The van der Waals surface area contributed by atoms with Crippen LogP contribution in [0.3, 0.4) is 0 Å². The first-order valence-electron chi connectivity index (χ1n) is 9.22. The van der Waals surface area contributed by atoms with Gasteiger partial charge in [0.1, 0.15) is 0 Å². The number of esters is 1. The number of carbonyl (C=O) groups is 4. The number of anilines is 1. The number of hydrogen-bond donors (Lipinski definition) is 2. The highest BCUT2D eigenvalue weighted by atomic mass is 79.9. The Balaban J connectivity index is 1.45. The first kappa shape index (κ1) is 21.5. The summed E-state index contributed by atoms with van der Waals surface area (Å²) in [5.41, 5.74) is 6.48. The lowest BCUT2D eigenvalue weighted by molar-refractivity contribution is -0.152. The van der Waals surface area contributed by atoms with Crippen molar-refractivity contribution in [2.75, 3.05) is 18.1 Å². The third kappa shape index (κ3) is 5.24. The van der Waals surface area contributed by atoms with Gasteiger partial charge in [0.2, 0.25) is 5.91 Å². The molecule has 9 heteroatoms. The molecule has 1 heterocycles. The molecule has 3 rings (SSSR count). The van der Waals surface area contributed by atoms with Crippen LogP contribution in [0.25, 0.3) is 0 Å². The number of amides is 3. The Bertz CT molecular complexity index is 977. The van der Waals surface area contributed by atoms with Gasteiger partial charge in [0, 0.05) is 28.7 Å². The molecule has 30 heavy (non-hydrogen) atoms. The molecule has 156 valence electrons. The summed E-state index contributed by atoms with van der Waals surface area (Å²) in [4.78, 5) is 49.9. The second kappa shape index (κ2) is 9.53. The summed E-state index contributed by atoms with van der Waals surface area (Å²) in [6, 6.07) is 14.0. The molecular formula is C21H20BrN3O5. The lowest BCUT2D eigenvalue weighted by atomic mass is 10.1. The summed E-state index contributed by atoms with van der Waals surface area (Å²) in [6.07, 6.45) is 0.0229. The molecule has 1 aliphatic rings. The minimum atomic E-state index is -0.686. The van der Waals surface area contributed by atoms with Crippen LogP contribution in [0.15, 0.2) is 53.0 Å². The predicted octanol–water partition coefficient (Wildman–Crippen LogP) is 2.11. The third-order valence-electron chi connectivity index (χ3n) is 4.63. The van der Waals surface area contributed by atoms with Crippen LogP contribution in [0.1, 0.15) is 22.3 Å². The standard InChI is InChI=1S/C21H20BrN3O5/c1-13-4-2-3-5-17(13)25-11-15(10-19(25)27)21(29)30-12-18(26)23-24-20(28)14-6-8-16(22)9-7-14/h2-9,15H,10-12H2,1H3,(H,23,26)(H,24,28)/t15-/m0/s1. The highest BCUT2D eigenvalue weighted by Crippen LogP contribution is 2.28.